The first kappa shape index (κ1) is 17.5. The maximum absolute atomic E-state index is 12.2. The van der Waals surface area contributed by atoms with Crippen LogP contribution in [0.25, 0.3) is 0 Å². The van der Waals surface area contributed by atoms with Crippen LogP contribution in [0.15, 0.2) is 51.6 Å². The fraction of sp³-hybridized carbons (Fsp3) is 0.333. The Morgan fingerprint density at radius 3 is 2.36 bits per heavy atom. The van der Waals surface area contributed by atoms with E-state index >= 15 is 0 Å². The summed E-state index contributed by atoms with van der Waals surface area (Å²) in [7, 11) is 0. The molecule has 0 atom stereocenters. The monoisotopic (exact) mass is 405 g/mol. The van der Waals surface area contributed by atoms with Crippen LogP contribution in [0.1, 0.15) is 16.1 Å². The predicted molar refractivity (Wildman–Crippen MR) is 97.4 cm³/mol. The lowest BCUT2D eigenvalue weighted by Crippen LogP contribution is -2.53. The molecule has 1 aliphatic rings. The van der Waals surface area contributed by atoms with Gasteiger partial charge < -0.3 is 19.5 Å². The Kier molecular flexibility index (Phi) is 5.75. The van der Waals surface area contributed by atoms with Gasteiger partial charge in [-0.3, -0.25) is 4.79 Å². The minimum atomic E-state index is -0.125. The lowest BCUT2D eigenvalue weighted by Gasteiger charge is -2.34. The number of hydrogen-bond donors (Lipinski definition) is 1. The maximum atomic E-state index is 12.2. The highest BCUT2D eigenvalue weighted by atomic mass is 79.9. The number of nitrogens with one attached hydrogen (secondary N) is 1. The quantitative estimate of drug-likeness (QED) is 0.850. The van der Waals surface area contributed by atoms with Crippen LogP contribution in [0.3, 0.4) is 0 Å². The van der Waals surface area contributed by atoms with Gasteiger partial charge in [-0.2, -0.15) is 0 Å². The number of urea groups is 1. The normalized spacial score (nSPS) is 14.4. The highest BCUT2D eigenvalue weighted by molar-refractivity contribution is 9.10. The molecule has 6 nitrogen and oxygen atoms in total. The molecule has 1 aliphatic heterocycles. The molecule has 0 aliphatic carbocycles. The minimum absolute atomic E-state index is 0.0813. The average Bonchev–Trinajstić information content (AvgIpc) is 3.17. The van der Waals surface area contributed by atoms with Crippen molar-refractivity contribution in [2.24, 2.45) is 0 Å². The summed E-state index contributed by atoms with van der Waals surface area (Å²) in [5, 5.41) is 2.94. The topological polar surface area (TPSA) is 65.8 Å². The number of piperazine rings is 1. The van der Waals surface area contributed by atoms with Gasteiger partial charge in [0.2, 0.25) is 0 Å². The maximum Gasteiger partial charge on any atom is 0.317 e. The van der Waals surface area contributed by atoms with Crippen molar-refractivity contribution in [1.82, 2.24) is 15.1 Å². The Morgan fingerprint density at radius 1 is 1.04 bits per heavy atom. The van der Waals surface area contributed by atoms with E-state index in [1.165, 1.54) is 11.8 Å². The molecular formula is C18H20BrN3O3. The zero-order valence-corrected chi connectivity index (χ0v) is 15.4. The van der Waals surface area contributed by atoms with Crippen LogP contribution in [-0.4, -0.2) is 54.5 Å². The van der Waals surface area contributed by atoms with Crippen molar-refractivity contribution < 1.29 is 14.0 Å². The Morgan fingerprint density at radius 2 is 1.72 bits per heavy atom. The number of carbonyl (C=O) groups is 2. The molecule has 0 unspecified atom stereocenters. The molecule has 1 saturated heterocycles. The van der Waals surface area contributed by atoms with Crippen molar-refractivity contribution in [3.8, 4) is 0 Å². The van der Waals surface area contributed by atoms with Crippen molar-refractivity contribution in [2.45, 2.75) is 6.42 Å². The summed E-state index contributed by atoms with van der Waals surface area (Å²) in [6.07, 6.45) is 2.28. The summed E-state index contributed by atoms with van der Waals surface area (Å²) >= 11 is 3.41. The lowest BCUT2D eigenvalue weighted by atomic mass is 10.1. The smallest absolute Gasteiger partial charge is 0.317 e. The number of rotatable bonds is 4. The van der Waals surface area contributed by atoms with Crippen LogP contribution in [0, 0.1) is 0 Å². The Hall–Kier alpha value is -2.28. The van der Waals surface area contributed by atoms with Crippen molar-refractivity contribution in [2.75, 3.05) is 32.7 Å². The van der Waals surface area contributed by atoms with Crippen LogP contribution in [-0.2, 0) is 6.42 Å². The van der Waals surface area contributed by atoms with E-state index in [0.29, 0.717) is 38.5 Å². The molecule has 3 rings (SSSR count). The number of amides is 3. The molecular weight excluding hydrogens is 386 g/mol. The first-order valence-corrected chi connectivity index (χ1v) is 9.03. The summed E-state index contributed by atoms with van der Waals surface area (Å²) < 4.78 is 6.18. The molecule has 3 amide bonds. The van der Waals surface area contributed by atoms with Gasteiger partial charge in [0, 0.05) is 37.2 Å². The molecule has 1 N–H and O–H groups in total. The summed E-state index contributed by atoms with van der Waals surface area (Å²) in [5.74, 6) is 0.215. The van der Waals surface area contributed by atoms with Gasteiger partial charge >= 0.3 is 6.03 Å². The van der Waals surface area contributed by atoms with Gasteiger partial charge in [-0.15, -0.1) is 0 Å². The van der Waals surface area contributed by atoms with Gasteiger partial charge in [0.05, 0.1) is 6.26 Å². The van der Waals surface area contributed by atoms with Crippen molar-refractivity contribution >= 4 is 27.9 Å². The van der Waals surface area contributed by atoms with Gasteiger partial charge in [-0.1, -0.05) is 28.1 Å². The molecule has 7 heteroatoms. The summed E-state index contributed by atoms with van der Waals surface area (Å²) in [5.41, 5.74) is 1.18. The summed E-state index contributed by atoms with van der Waals surface area (Å²) in [6.45, 7) is 2.67. The van der Waals surface area contributed by atoms with Crippen LogP contribution in [0.4, 0.5) is 4.79 Å². The molecule has 0 spiro atoms. The molecule has 132 valence electrons. The largest absolute Gasteiger partial charge is 0.459 e. The van der Waals surface area contributed by atoms with Gasteiger partial charge in [0.25, 0.3) is 5.91 Å². The highest BCUT2D eigenvalue weighted by Crippen LogP contribution is 2.11. The standard InChI is InChI=1S/C18H20BrN3O3/c19-15-5-3-14(4-6-15)7-8-20-18(24)22-11-9-21(10-12-22)17(23)16-2-1-13-25-16/h1-6,13H,7-12H2,(H,20,24). The van der Waals surface area contributed by atoms with Crippen LogP contribution in [0.5, 0.6) is 0 Å². The summed E-state index contributed by atoms with van der Waals surface area (Å²) in [6, 6.07) is 11.3. The second-order valence-electron chi connectivity index (χ2n) is 5.86. The first-order valence-electron chi connectivity index (χ1n) is 8.23. The molecule has 2 heterocycles. The van der Waals surface area contributed by atoms with E-state index in [4.69, 9.17) is 4.42 Å². The van der Waals surface area contributed by atoms with Gasteiger partial charge in [0.15, 0.2) is 5.76 Å². The van der Waals surface area contributed by atoms with Gasteiger partial charge in [0.1, 0.15) is 0 Å². The number of furan rings is 1. The van der Waals surface area contributed by atoms with E-state index in [1.807, 2.05) is 24.3 Å². The van der Waals surface area contributed by atoms with E-state index in [-0.39, 0.29) is 11.9 Å². The Labute approximate surface area is 154 Å². The van der Waals surface area contributed by atoms with E-state index < -0.39 is 0 Å². The zero-order chi connectivity index (χ0) is 17.6. The third-order valence-electron chi connectivity index (χ3n) is 4.19. The fourth-order valence-electron chi connectivity index (χ4n) is 2.75. The van der Waals surface area contributed by atoms with E-state index in [9.17, 15) is 9.59 Å². The highest BCUT2D eigenvalue weighted by Gasteiger charge is 2.25. The Balaban J connectivity index is 1.41. The minimum Gasteiger partial charge on any atom is -0.459 e. The van der Waals surface area contributed by atoms with Crippen LogP contribution in [0.2, 0.25) is 0 Å². The van der Waals surface area contributed by atoms with Crippen molar-refractivity contribution in [1.29, 1.82) is 0 Å². The molecule has 1 aromatic heterocycles. The van der Waals surface area contributed by atoms with E-state index in [0.717, 1.165) is 10.9 Å². The Bertz CT molecular complexity index is 708. The first-order chi connectivity index (χ1) is 12.1. The molecule has 2 aromatic rings. The number of hydrogen-bond acceptors (Lipinski definition) is 3. The van der Waals surface area contributed by atoms with Crippen LogP contribution >= 0.6 is 15.9 Å². The lowest BCUT2D eigenvalue weighted by molar-refractivity contribution is 0.0634. The van der Waals surface area contributed by atoms with Gasteiger partial charge in [-0.25, -0.2) is 4.79 Å². The van der Waals surface area contributed by atoms with Crippen molar-refractivity contribution in [3.05, 3.63) is 58.5 Å². The van der Waals surface area contributed by atoms with Crippen LogP contribution < -0.4 is 5.32 Å². The van der Waals surface area contributed by atoms with E-state index in [1.54, 1.807) is 21.9 Å². The fourth-order valence-corrected chi connectivity index (χ4v) is 3.01. The molecule has 1 fully saturated rings. The predicted octanol–water partition coefficient (Wildman–Crippen LogP) is 2.75. The second kappa shape index (κ2) is 8.20. The molecule has 0 radical (unpaired) electrons. The number of benzene rings is 1. The molecule has 25 heavy (non-hydrogen) atoms. The van der Waals surface area contributed by atoms with Gasteiger partial charge in [-0.05, 0) is 36.2 Å². The molecule has 0 saturated carbocycles. The third kappa shape index (κ3) is 4.63. The van der Waals surface area contributed by atoms with E-state index in [2.05, 4.69) is 21.2 Å². The molecule has 0 bridgehead atoms. The van der Waals surface area contributed by atoms with Crippen molar-refractivity contribution in [3.63, 3.8) is 0 Å². The molecule has 1 aromatic carbocycles. The number of halogens is 1. The SMILES string of the molecule is O=C(NCCc1ccc(Br)cc1)N1CCN(C(=O)c2ccco2)CC1. The number of carbonyl (C=O) groups excluding carboxylic acids is 2. The average molecular weight is 406 g/mol. The zero-order valence-electron chi connectivity index (χ0n) is 13.8. The summed E-state index contributed by atoms with van der Waals surface area (Å²) in [4.78, 5) is 27.9. The number of nitrogens with zero attached hydrogens (tertiary/aromatic N) is 2. The third-order valence-corrected chi connectivity index (χ3v) is 4.72. The second-order valence-corrected chi connectivity index (χ2v) is 6.78.